The molecule has 1 aromatic carbocycles. The Morgan fingerprint density at radius 2 is 2.27 bits per heavy atom. The second-order valence-corrected chi connectivity index (χ2v) is 5.41. The number of para-hydroxylation sites is 2. The van der Waals surface area contributed by atoms with Gasteiger partial charge in [-0.15, -0.1) is 6.42 Å². The molecule has 1 aliphatic heterocycles. The van der Waals surface area contributed by atoms with Crippen LogP contribution in [0.1, 0.15) is 13.3 Å². The van der Waals surface area contributed by atoms with Gasteiger partial charge >= 0.3 is 6.03 Å². The van der Waals surface area contributed by atoms with E-state index in [-0.39, 0.29) is 18.7 Å². The monoisotopic (exact) mass is 302 g/mol. The number of carbonyl (C=O) groups excluding carboxylic acids is 1. The van der Waals surface area contributed by atoms with Crippen molar-refractivity contribution in [2.45, 2.75) is 19.4 Å². The maximum Gasteiger partial charge on any atom is 0.322 e. The molecule has 5 heteroatoms. The Hall–Kier alpha value is -2.19. The van der Waals surface area contributed by atoms with Crippen molar-refractivity contribution in [1.29, 1.82) is 0 Å². The number of nitrogens with one attached hydrogen (secondary N) is 1. The van der Waals surface area contributed by atoms with Crippen LogP contribution in [0.15, 0.2) is 24.3 Å². The predicted molar refractivity (Wildman–Crippen MR) is 85.9 cm³/mol. The van der Waals surface area contributed by atoms with E-state index >= 15 is 0 Å². The van der Waals surface area contributed by atoms with Gasteiger partial charge in [0.2, 0.25) is 0 Å². The summed E-state index contributed by atoms with van der Waals surface area (Å²) >= 11 is 0. The smallest absolute Gasteiger partial charge is 0.322 e. The van der Waals surface area contributed by atoms with Gasteiger partial charge in [-0.1, -0.05) is 25.0 Å². The van der Waals surface area contributed by atoms with Crippen molar-refractivity contribution in [1.82, 2.24) is 4.90 Å². The zero-order valence-electron chi connectivity index (χ0n) is 13.0. The van der Waals surface area contributed by atoms with Crippen LogP contribution in [0.3, 0.4) is 0 Å². The van der Waals surface area contributed by atoms with E-state index in [2.05, 4.69) is 18.2 Å². The summed E-state index contributed by atoms with van der Waals surface area (Å²) in [5, 5.41) is 2.89. The normalized spacial score (nSPS) is 21.0. The summed E-state index contributed by atoms with van der Waals surface area (Å²) in [6.45, 7) is 3.63. The molecule has 0 unspecified atom stereocenters. The number of benzene rings is 1. The third-order valence-electron chi connectivity index (χ3n) is 3.92. The number of hydrogen-bond donors (Lipinski definition) is 1. The number of carbonyl (C=O) groups is 1. The highest BCUT2D eigenvalue weighted by molar-refractivity contribution is 5.91. The van der Waals surface area contributed by atoms with E-state index in [9.17, 15) is 4.79 Å². The molecule has 1 heterocycles. The zero-order valence-corrected chi connectivity index (χ0v) is 13.0. The standard InChI is InChI=1S/C17H22N2O3/c1-4-11-22-15-8-6-5-7-14(15)18-17(20)19-10-9-13(2)16(12-19)21-3/h1,5-8,13,16H,9-12H2,2-3H3,(H,18,20)/t13-,16-/m0/s1. The number of nitrogens with zero attached hydrogens (tertiary/aromatic N) is 1. The van der Waals surface area contributed by atoms with Crippen LogP contribution in [-0.2, 0) is 4.74 Å². The molecule has 0 spiro atoms. The van der Waals surface area contributed by atoms with E-state index in [4.69, 9.17) is 15.9 Å². The van der Waals surface area contributed by atoms with Crippen LogP contribution < -0.4 is 10.1 Å². The second-order valence-electron chi connectivity index (χ2n) is 5.41. The number of terminal acetylenes is 1. The number of piperidine rings is 1. The van der Waals surface area contributed by atoms with Crippen molar-refractivity contribution < 1.29 is 14.3 Å². The van der Waals surface area contributed by atoms with Crippen molar-refractivity contribution in [3.05, 3.63) is 24.3 Å². The van der Waals surface area contributed by atoms with Gasteiger partial charge in [0.25, 0.3) is 0 Å². The lowest BCUT2D eigenvalue weighted by Crippen LogP contribution is -2.48. The molecule has 0 aliphatic carbocycles. The van der Waals surface area contributed by atoms with Gasteiger partial charge in [0.05, 0.1) is 11.8 Å². The van der Waals surface area contributed by atoms with Gasteiger partial charge < -0.3 is 19.7 Å². The first-order chi connectivity index (χ1) is 10.7. The summed E-state index contributed by atoms with van der Waals surface area (Å²) in [6, 6.07) is 7.11. The number of anilines is 1. The minimum atomic E-state index is -0.147. The van der Waals surface area contributed by atoms with Crippen LogP contribution in [0.4, 0.5) is 10.5 Å². The van der Waals surface area contributed by atoms with E-state index in [1.165, 1.54) is 0 Å². The molecule has 1 aliphatic rings. The van der Waals surface area contributed by atoms with E-state index in [0.717, 1.165) is 13.0 Å². The molecule has 22 heavy (non-hydrogen) atoms. The topological polar surface area (TPSA) is 50.8 Å². The van der Waals surface area contributed by atoms with Crippen LogP contribution in [0.5, 0.6) is 5.75 Å². The molecule has 0 bridgehead atoms. The number of methoxy groups -OCH3 is 1. The molecule has 1 saturated heterocycles. The summed E-state index contributed by atoms with van der Waals surface area (Å²) in [7, 11) is 1.69. The molecule has 0 aromatic heterocycles. The van der Waals surface area contributed by atoms with Gasteiger partial charge in [-0.3, -0.25) is 0 Å². The number of likely N-dealkylation sites (tertiary alicyclic amines) is 1. The van der Waals surface area contributed by atoms with Gasteiger partial charge in [-0.2, -0.15) is 0 Å². The third-order valence-corrected chi connectivity index (χ3v) is 3.92. The van der Waals surface area contributed by atoms with E-state index in [0.29, 0.717) is 23.9 Å². The maximum atomic E-state index is 12.4. The molecule has 1 fully saturated rings. The number of ether oxygens (including phenoxy) is 2. The van der Waals surface area contributed by atoms with E-state index in [1.54, 1.807) is 24.1 Å². The first-order valence-corrected chi connectivity index (χ1v) is 7.39. The fraction of sp³-hybridized carbons (Fsp3) is 0.471. The average molecular weight is 302 g/mol. The third kappa shape index (κ3) is 3.92. The highest BCUT2D eigenvalue weighted by Gasteiger charge is 2.29. The largest absolute Gasteiger partial charge is 0.479 e. The molecule has 5 nitrogen and oxygen atoms in total. The van der Waals surface area contributed by atoms with E-state index < -0.39 is 0 Å². The SMILES string of the molecule is C#CCOc1ccccc1NC(=O)N1CC[C@H](C)[C@@H](OC)C1. The van der Waals surface area contributed by atoms with Crippen molar-refractivity contribution in [2.24, 2.45) is 5.92 Å². The van der Waals surface area contributed by atoms with E-state index in [1.807, 2.05) is 12.1 Å². The lowest BCUT2D eigenvalue weighted by molar-refractivity contribution is 0.00895. The Bertz CT molecular complexity index is 553. The van der Waals surface area contributed by atoms with Crippen LogP contribution >= 0.6 is 0 Å². The summed E-state index contributed by atoms with van der Waals surface area (Å²) in [5.41, 5.74) is 0.621. The molecular weight excluding hydrogens is 280 g/mol. The summed E-state index contributed by atoms with van der Waals surface area (Å²) in [5.74, 6) is 3.45. The molecule has 2 amide bonds. The molecule has 0 saturated carbocycles. The van der Waals surface area contributed by atoms with Crippen LogP contribution in [0, 0.1) is 18.3 Å². The first kappa shape index (κ1) is 16.2. The molecule has 2 rings (SSSR count). The number of hydrogen-bond acceptors (Lipinski definition) is 3. The highest BCUT2D eigenvalue weighted by Crippen LogP contribution is 2.25. The van der Waals surface area contributed by atoms with Crippen molar-refractivity contribution in [3.8, 4) is 18.1 Å². The molecule has 1 N–H and O–H groups in total. The zero-order chi connectivity index (χ0) is 15.9. The van der Waals surface area contributed by atoms with Crippen LogP contribution in [0.2, 0.25) is 0 Å². The van der Waals surface area contributed by atoms with Gasteiger partial charge in [0.15, 0.2) is 0 Å². The minimum Gasteiger partial charge on any atom is -0.479 e. The Kier molecular flexibility index (Phi) is 5.68. The lowest BCUT2D eigenvalue weighted by Gasteiger charge is -2.36. The number of amides is 2. The molecule has 0 radical (unpaired) electrons. The first-order valence-electron chi connectivity index (χ1n) is 7.39. The number of rotatable bonds is 4. The second kappa shape index (κ2) is 7.71. The van der Waals surface area contributed by atoms with Gasteiger partial charge in [-0.25, -0.2) is 4.79 Å². The summed E-state index contributed by atoms with van der Waals surface area (Å²) in [4.78, 5) is 14.2. The van der Waals surface area contributed by atoms with Crippen LogP contribution in [-0.4, -0.2) is 43.8 Å². The maximum absolute atomic E-state index is 12.4. The average Bonchev–Trinajstić information content (AvgIpc) is 2.54. The highest BCUT2D eigenvalue weighted by atomic mass is 16.5. The van der Waals surface area contributed by atoms with Crippen LogP contribution in [0.25, 0.3) is 0 Å². The van der Waals surface area contributed by atoms with Crippen molar-refractivity contribution >= 4 is 11.7 Å². The van der Waals surface area contributed by atoms with Gasteiger partial charge in [-0.05, 0) is 24.5 Å². The van der Waals surface area contributed by atoms with Crippen molar-refractivity contribution in [2.75, 3.05) is 32.1 Å². The Morgan fingerprint density at radius 1 is 1.50 bits per heavy atom. The Balaban J connectivity index is 2.02. The minimum absolute atomic E-state index is 0.0763. The number of urea groups is 1. The molecule has 2 atom stereocenters. The molecule has 118 valence electrons. The van der Waals surface area contributed by atoms with Crippen molar-refractivity contribution in [3.63, 3.8) is 0 Å². The quantitative estimate of drug-likeness (QED) is 0.870. The molecular formula is C17H22N2O3. The Morgan fingerprint density at radius 3 is 3.00 bits per heavy atom. The summed E-state index contributed by atoms with van der Waals surface area (Å²) in [6.07, 6.45) is 6.21. The van der Waals surface area contributed by atoms with Gasteiger partial charge in [0, 0.05) is 20.2 Å². The van der Waals surface area contributed by atoms with Gasteiger partial charge in [0.1, 0.15) is 12.4 Å². The fourth-order valence-electron chi connectivity index (χ4n) is 2.53. The lowest BCUT2D eigenvalue weighted by atomic mass is 9.96. The predicted octanol–water partition coefficient (Wildman–Crippen LogP) is 2.59. The Labute approximate surface area is 131 Å². The fourth-order valence-corrected chi connectivity index (χ4v) is 2.53. The summed E-state index contributed by atoms with van der Waals surface area (Å²) < 4.78 is 10.9. The molecule has 1 aromatic rings.